The number of hydrogen-bond donors (Lipinski definition) is 2. The highest BCUT2D eigenvalue weighted by Crippen LogP contribution is 2.24. The van der Waals surface area contributed by atoms with Gasteiger partial charge in [-0.1, -0.05) is 20.3 Å². The first-order valence-electron chi connectivity index (χ1n) is 4.61. The molecule has 2 N–H and O–H groups in total. The van der Waals surface area contributed by atoms with E-state index in [4.69, 9.17) is 0 Å². The fourth-order valence-electron chi connectivity index (χ4n) is 1.64. The molecule has 11 heavy (non-hydrogen) atoms. The first kappa shape index (κ1) is 9.01. The molecule has 1 aliphatic carbocycles. The molecule has 0 aromatic rings. The van der Waals surface area contributed by atoms with Crippen LogP contribution in [0.15, 0.2) is 0 Å². The Hall–Kier alpha value is -0.0800. The summed E-state index contributed by atoms with van der Waals surface area (Å²) in [7, 11) is 0. The third-order valence-corrected chi connectivity index (χ3v) is 2.41. The zero-order chi connectivity index (χ0) is 8.27. The highest BCUT2D eigenvalue weighted by atomic mass is 16.3. The Bertz CT molecular complexity index is 114. The quantitative estimate of drug-likeness (QED) is 0.644. The standard InChI is InChI=1S/C9H19NO/c1-7(2)10-6-8-4-3-5-9(8)11/h7-11H,3-6H2,1-2H3/t8-,9-/m1/s1. The largest absolute Gasteiger partial charge is 0.393 e. The summed E-state index contributed by atoms with van der Waals surface area (Å²) in [6.45, 7) is 5.27. The molecule has 0 bridgehead atoms. The van der Waals surface area contributed by atoms with Gasteiger partial charge in [-0.15, -0.1) is 0 Å². The van der Waals surface area contributed by atoms with E-state index in [1.807, 2.05) is 0 Å². The molecule has 0 heterocycles. The fraction of sp³-hybridized carbons (Fsp3) is 1.00. The smallest absolute Gasteiger partial charge is 0.0580 e. The van der Waals surface area contributed by atoms with Gasteiger partial charge in [0, 0.05) is 12.6 Å². The lowest BCUT2D eigenvalue weighted by Crippen LogP contribution is -2.32. The molecule has 0 spiro atoms. The molecule has 1 rings (SSSR count). The zero-order valence-electron chi connectivity index (χ0n) is 7.51. The average Bonchev–Trinajstić information content (AvgIpc) is 2.31. The Morgan fingerprint density at radius 2 is 2.18 bits per heavy atom. The van der Waals surface area contributed by atoms with E-state index in [1.165, 1.54) is 12.8 Å². The molecular weight excluding hydrogens is 138 g/mol. The number of aliphatic hydroxyl groups is 1. The van der Waals surface area contributed by atoms with Crippen molar-refractivity contribution < 1.29 is 5.11 Å². The second-order valence-electron chi connectivity index (χ2n) is 3.82. The van der Waals surface area contributed by atoms with Crippen molar-refractivity contribution in [3.63, 3.8) is 0 Å². The van der Waals surface area contributed by atoms with E-state index in [0.29, 0.717) is 12.0 Å². The summed E-state index contributed by atoms with van der Waals surface area (Å²) in [6.07, 6.45) is 3.36. The van der Waals surface area contributed by atoms with E-state index in [0.717, 1.165) is 13.0 Å². The summed E-state index contributed by atoms with van der Waals surface area (Å²) in [4.78, 5) is 0. The van der Waals surface area contributed by atoms with E-state index in [-0.39, 0.29) is 6.10 Å². The molecule has 0 radical (unpaired) electrons. The Kier molecular flexibility index (Phi) is 3.34. The van der Waals surface area contributed by atoms with Gasteiger partial charge < -0.3 is 10.4 Å². The normalized spacial score (nSPS) is 31.6. The van der Waals surface area contributed by atoms with Crippen LogP contribution in [-0.2, 0) is 0 Å². The molecule has 0 aromatic carbocycles. The van der Waals surface area contributed by atoms with Crippen molar-refractivity contribution in [3.8, 4) is 0 Å². The molecule has 66 valence electrons. The third kappa shape index (κ3) is 2.80. The maximum absolute atomic E-state index is 9.46. The number of rotatable bonds is 3. The van der Waals surface area contributed by atoms with Crippen molar-refractivity contribution >= 4 is 0 Å². The Balaban J connectivity index is 2.15. The summed E-state index contributed by atoms with van der Waals surface area (Å²) >= 11 is 0. The predicted molar refractivity (Wildman–Crippen MR) is 46.5 cm³/mol. The molecule has 2 heteroatoms. The van der Waals surface area contributed by atoms with Gasteiger partial charge in [-0.2, -0.15) is 0 Å². The van der Waals surface area contributed by atoms with Gasteiger partial charge in [0.15, 0.2) is 0 Å². The van der Waals surface area contributed by atoms with Crippen LogP contribution in [0.1, 0.15) is 33.1 Å². The van der Waals surface area contributed by atoms with Crippen LogP contribution < -0.4 is 5.32 Å². The van der Waals surface area contributed by atoms with Crippen LogP contribution in [0, 0.1) is 5.92 Å². The van der Waals surface area contributed by atoms with Crippen LogP contribution in [0.25, 0.3) is 0 Å². The summed E-state index contributed by atoms with van der Waals surface area (Å²) in [6, 6.07) is 0.544. The van der Waals surface area contributed by atoms with Crippen molar-refractivity contribution in [1.29, 1.82) is 0 Å². The number of nitrogens with one attached hydrogen (secondary N) is 1. The topological polar surface area (TPSA) is 32.3 Å². The molecule has 0 aliphatic heterocycles. The number of aliphatic hydroxyl groups excluding tert-OH is 1. The van der Waals surface area contributed by atoms with Crippen LogP contribution in [0.2, 0.25) is 0 Å². The molecule has 0 amide bonds. The van der Waals surface area contributed by atoms with Crippen LogP contribution in [0.5, 0.6) is 0 Å². The van der Waals surface area contributed by atoms with Crippen LogP contribution >= 0.6 is 0 Å². The molecule has 1 fully saturated rings. The van der Waals surface area contributed by atoms with Gasteiger partial charge in [-0.3, -0.25) is 0 Å². The van der Waals surface area contributed by atoms with Gasteiger partial charge >= 0.3 is 0 Å². The molecule has 1 saturated carbocycles. The lowest BCUT2D eigenvalue weighted by molar-refractivity contribution is 0.130. The summed E-state index contributed by atoms with van der Waals surface area (Å²) < 4.78 is 0. The van der Waals surface area contributed by atoms with E-state index in [2.05, 4.69) is 19.2 Å². The second kappa shape index (κ2) is 4.07. The fourth-order valence-corrected chi connectivity index (χ4v) is 1.64. The molecule has 1 aliphatic rings. The third-order valence-electron chi connectivity index (χ3n) is 2.41. The van der Waals surface area contributed by atoms with Gasteiger partial charge in [0.25, 0.3) is 0 Å². The van der Waals surface area contributed by atoms with Crippen molar-refractivity contribution in [3.05, 3.63) is 0 Å². The highest BCUT2D eigenvalue weighted by Gasteiger charge is 2.24. The van der Waals surface area contributed by atoms with E-state index in [9.17, 15) is 5.11 Å². The van der Waals surface area contributed by atoms with Gasteiger partial charge in [0.2, 0.25) is 0 Å². The maximum atomic E-state index is 9.46. The first-order valence-corrected chi connectivity index (χ1v) is 4.61. The molecule has 0 saturated heterocycles. The van der Waals surface area contributed by atoms with Crippen molar-refractivity contribution in [2.24, 2.45) is 5.92 Å². The highest BCUT2D eigenvalue weighted by molar-refractivity contribution is 4.78. The van der Waals surface area contributed by atoms with Gasteiger partial charge in [-0.25, -0.2) is 0 Å². The molecule has 2 atom stereocenters. The molecule has 0 unspecified atom stereocenters. The lowest BCUT2D eigenvalue weighted by atomic mass is 10.1. The molecule has 0 aromatic heterocycles. The van der Waals surface area contributed by atoms with Crippen molar-refractivity contribution in [1.82, 2.24) is 5.32 Å². The minimum Gasteiger partial charge on any atom is -0.393 e. The summed E-state index contributed by atoms with van der Waals surface area (Å²) in [5, 5.41) is 12.8. The summed E-state index contributed by atoms with van der Waals surface area (Å²) in [5.41, 5.74) is 0. The monoisotopic (exact) mass is 157 g/mol. The molecular formula is C9H19NO. The zero-order valence-corrected chi connectivity index (χ0v) is 7.51. The van der Waals surface area contributed by atoms with Gasteiger partial charge in [-0.05, 0) is 18.8 Å². The van der Waals surface area contributed by atoms with E-state index in [1.54, 1.807) is 0 Å². The Morgan fingerprint density at radius 1 is 1.45 bits per heavy atom. The second-order valence-corrected chi connectivity index (χ2v) is 3.82. The van der Waals surface area contributed by atoms with Crippen molar-refractivity contribution in [2.75, 3.05) is 6.54 Å². The SMILES string of the molecule is CC(C)NC[C@H]1CCC[C@H]1O. The minimum atomic E-state index is -0.0405. The lowest BCUT2D eigenvalue weighted by Gasteiger charge is -2.16. The number of hydrogen-bond acceptors (Lipinski definition) is 2. The average molecular weight is 157 g/mol. The van der Waals surface area contributed by atoms with E-state index >= 15 is 0 Å². The Morgan fingerprint density at radius 3 is 2.64 bits per heavy atom. The maximum Gasteiger partial charge on any atom is 0.0580 e. The predicted octanol–water partition coefficient (Wildman–Crippen LogP) is 1.15. The van der Waals surface area contributed by atoms with Gasteiger partial charge in [0.05, 0.1) is 6.10 Å². The van der Waals surface area contributed by atoms with Crippen LogP contribution in [0.4, 0.5) is 0 Å². The summed E-state index contributed by atoms with van der Waals surface area (Å²) in [5.74, 6) is 0.511. The van der Waals surface area contributed by atoms with E-state index < -0.39 is 0 Å². The van der Waals surface area contributed by atoms with Gasteiger partial charge in [0.1, 0.15) is 0 Å². The molecule has 2 nitrogen and oxygen atoms in total. The first-order chi connectivity index (χ1) is 5.20. The van der Waals surface area contributed by atoms with Crippen LogP contribution in [0.3, 0.4) is 0 Å². The minimum absolute atomic E-state index is 0.0405. The van der Waals surface area contributed by atoms with Crippen LogP contribution in [-0.4, -0.2) is 23.8 Å². The Labute approximate surface area is 69.0 Å². The van der Waals surface area contributed by atoms with Crippen molar-refractivity contribution in [2.45, 2.75) is 45.3 Å².